The van der Waals surface area contributed by atoms with Crippen molar-refractivity contribution in [2.75, 3.05) is 39.3 Å². The van der Waals surface area contributed by atoms with Crippen molar-refractivity contribution in [1.29, 1.82) is 0 Å². The van der Waals surface area contributed by atoms with Gasteiger partial charge in [0.15, 0.2) is 0 Å². The summed E-state index contributed by atoms with van der Waals surface area (Å²) in [5.41, 5.74) is 3.16. The number of hydrogen-bond acceptors (Lipinski definition) is 4. The van der Waals surface area contributed by atoms with Gasteiger partial charge in [-0.1, -0.05) is 13.8 Å². The third-order valence-electron chi connectivity index (χ3n) is 4.54. The molecule has 0 spiro atoms. The highest BCUT2D eigenvalue weighted by molar-refractivity contribution is 5.79. The van der Waals surface area contributed by atoms with E-state index in [-0.39, 0.29) is 12.5 Å². The number of β-amino-alcohol motifs (C(OH)–C–C–N with tert-alkyl or cyclic N) is 1. The summed E-state index contributed by atoms with van der Waals surface area (Å²) in [5, 5.41) is 13.6. The maximum absolute atomic E-state index is 12.6. The Morgan fingerprint density at radius 1 is 1.22 bits per heavy atom. The molecule has 6 nitrogen and oxygen atoms in total. The Labute approximate surface area is 139 Å². The second-order valence-electron chi connectivity index (χ2n) is 6.85. The largest absolute Gasteiger partial charge is 0.395 e. The molecule has 0 saturated carbocycles. The van der Waals surface area contributed by atoms with Gasteiger partial charge < -0.3 is 10.0 Å². The van der Waals surface area contributed by atoms with Gasteiger partial charge in [0.05, 0.1) is 18.7 Å². The lowest BCUT2D eigenvalue weighted by Crippen LogP contribution is -2.49. The average Bonchev–Trinajstić information content (AvgIpc) is 2.75. The zero-order valence-electron chi connectivity index (χ0n) is 14.9. The molecule has 0 unspecified atom stereocenters. The summed E-state index contributed by atoms with van der Waals surface area (Å²) in [7, 11) is 0. The van der Waals surface area contributed by atoms with Crippen LogP contribution in [0.1, 0.15) is 30.8 Å². The summed E-state index contributed by atoms with van der Waals surface area (Å²) in [6.45, 7) is 13.3. The number of carbonyl (C=O) groups excluding carboxylic acids is 1. The number of carbonyl (C=O) groups is 1. The van der Waals surface area contributed by atoms with Crippen LogP contribution < -0.4 is 0 Å². The van der Waals surface area contributed by atoms with Crippen molar-refractivity contribution < 1.29 is 9.90 Å². The number of aliphatic hydroxyl groups excluding tert-OH is 1. The van der Waals surface area contributed by atoms with Crippen LogP contribution in [0.3, 0.4) is 0 Å². The molecule has 0 bridgehead atoms. The molecule has 0 radical (unpaired) electrons. The molecule has 0 aromatic carbocycles. The summed E-state index contributed by atoms with van der Waals surface area (Å²) in [5.74, 6) is 0.722. The van der Waals surface area contributed by atoms with Gasteiger partial charge >= 0.3 is 0 Å². The number of nitrogens with zero attached hydrogens (tertiary/aromatic N) is 4. The number of hydrogen-bond donors (Lipinski definition) is 1. The van der Waals surface area contributed by atoms with E-state index in [4.69, 9.17) is 5.11 Å². The fourth-order valence-electron chi connectivity index (χ4n) is 3.14. The Morgan fingerprint density at radius 2 is 1.87 bits per heavy atom. The third kappa shape index (κ3) is 4.54. The maximum Gasteiger partial charge on any atom is 0.227 e. The molecule has 0 atom stereocenters. The minimum atomic E-state index is 0.182. The van der Waals surface area contributed by atoms with E-state index >= 15 is 0 Å². The first-order valence-electron chi connectivity index (χ1n) is 8.56. The van der Waals surface area contributed by atoms with Gasteiger partial charge in [-0.15, -0.1) is 0 Å². The molecule has 2 rings (SSSR count). The van der Waals surface area contributed by atoms with Gasteiger partial charge in [-0.05, 0) is 19.8 Å². The normalized spacial score (nSPS) is 16.3. The number of aromatic nitrogens is 2. The van der Waals surface area contributed by atoms with Gasteiger partial charge in [0.1, 0.15) is 0 Å². The molecule has 23 heavy (non-hydrogen) atoms. The van der Waals surface area contributed by atoms with E-state index in [1.165, 1.54) is 0 Å². The van der Waals surface area contributed by atoms with Crippen LogP contribution in [-0.4, -0.2) is 69.9 Å². The Morgan fingerprint density at radius 3 is 2.43 bits per heavy atom. The molecule has 1 aliphatic rings. The van der Waals surface area contributed by atoms with Crippen LogP contribution in [0, 0.1) is 19.8 Å². The highest BCUT2D eigenvalue weighted by Crippen LogP contribution is 2.17. The molecule has 6 heteroatoms. The van der Waals surface area contributed by atoms with Crippen LogP contribution in [0.4, 0.5) is 0 Å². The van der Waals surface area contributed by atoms with E-state index in [0.717, 1.165) is 49.7 Å². The van der Waals surface area contributed by atoms with Gasteiger partial charge in [-0.3, -0.25) is 14.4 Å². The molecule has 1 N–H and O–H groups in total. The zero-order valence-corrected chi connectivity index (χ0v) is 14.9. The maximum atomic E-state index is 12.6. The summed E-state index contributed by atoms with van der Waals surface area (Å²) in [6, 6.07) is 0. The summed E-state index contributed by atoms with van der Waals surface area (Å²) < 4.78 is 2.03. The first kappa shape index (κ1) is 17.9. The van der Waals surface area contributed by atoms with Crippen molar-refractivity contribution in [1.82, 2.24) is 19.6 Å². The van der Waals surface area contributed by atoms with Crippen molar-refractivity contribution in [2.24, 2.45) is 5.92 Å². The predicted octanol–water partition coefficient (Wildman–Crippen LogP) is 0.835. The molecular weight excluding hydrogens is 292 g/mol. The molecule has 1 fully saturated rings. The van der Waals surface area contributed by atoms with Crippen molar-refractivity contribution >= 4 is 5.91 Å². The summed E-state index contributed by atoms with van der Waals surface area (Å²) >= 11 is 0. The highest BCUT2D eigenvalue weighted by Gasteiger charge is 2.23. The van der Waals surface area contributed by atoms with Crippen LogP contribution in [0.5, 0.6) is 0 Å². The highest BCUT2D eigenvalue weighted by atomic mass is 16.3. The van der Waals surface area contributed by atoms with E-state index < -0.39 is 0 Å². The fourth-order valence-corrected chi connectivity index (χ4v) is 3.14. The van der Waals surface area contributed by atoms with Crippen LogP contribution in [-0.2, 0) is 17.8 Å². The third-order valence-corrected chi connectivity index (χ3v) is 4.54. The van der Waals surface area contributed by atoms with Gasteiger partial charge in [-0.2, -0.15) is 5.10 Å². The quantitative estimate of drug-likeness (QED) is 0.843. The van der Waals surface area contributed by atoms with E-state index in [2.05, 4.69) is 30.8 Å². The average molecular weight is 322 g/mol. The standard InChI is InChI=1S/C17H30N4O2/c1-13(2)12-21-15(4)16(14(3)18-21)11-17(23)20-7-5-19(6-8-20)9-10-22/h13,22H,5-12H2,1-4H3. The zero-order chi connectivity index (χ0) is 17.0. The van der Waals surface area contributed by atoms with Crippen LogP contribution in [0.25, 0.3) is 0 Å². The van der Waals surface area contributed by atoms with Crippen molar-refractivity contribution in [2.45, 2.75) is 40.7 Å². The summed E-state index contributed by atoms with van der Waals surface area (Å²) in [4.78, 5) is 16.7. The SMILES string of the molecule is Cc1nn(CC(C)C)c(C)c1CC(=O)N1CCN(CCO)CC1. The molecule has 1 saturated heterocycles. The number of piperazine rings is 1. The monoisotopic (exact) mass is 322 g/mol. The molecule has 2 heterocycles. The second kappa shape index (κ2) is 7.93. The van der Waals surface area contributed by atoms with Crippen LogP contribution in [0.15, 0.2) is 0 Å². The number of aliphatic hydroxyl groups is 1. The first-order chi connectivity index (χ1) is 10.9. The van der Waals surface area contributed by atoms with Crippen LogP contribution >= 0.6 is 0 Å². The van der Waals surface area contributed by atoms with Gasteiger partial charge in [-0.25, -0.2) is 0 Å². The smallest absolute Gasteiger partial charge is 0.227 e. The van der Waals surface area contributed by atoms with E-state index in [1.54, 1.807) is 0 Å². The molecular formula is C17H30N4O2. The second-order valence-corrected chi connectivity index (χ2v) is 6.85. The Balaban J connectivity index is 1.97. The Bertz CT molecular complexity index is 531. The molecule has 1 amide bonds. The minimum Gasteiger partial charge on any atom is -0.395 e. The fraction of sp³-hybridized carbons (Fsp3) is 0.765. The Hall–Kier alpha value is -1.40. The predicted molar refractivity (Wildman–Crippen MR) is 90.3 cm³/mol. The Kier molecular flexibility index (Phi) is 6.18. The van der Waals surface area contributed by atoms with Crippen molar-refractivity contribution in [3.05, 3.63) is 17.0 Å². The minimum absolute atomic E-state index is 0.182. The lowest BCUT2D eigenvalue weighted by Gasteiger charge is -2.34. The topological polar surface area (TPSA) is 61.6 Å². The van der Waals surface area contributed by atoms with E-state index in [9.17, 15) is 4.79 Å². The molecule has 0 aliphatic carbocycles. The van der Waals surface area contributed by atoms with Crippen molar-refractivity contribution in [3.8, 4) is 0 Å². The molecule has 1 aromatic rings. The van der Waals surface area contributed by atoms with Crippen LogP contribution in [0.2, 0.25) is 0 Å². The van der Waals surface area contributed by atoms with Gasteiger partial charge in [0.25, 0.3) is 0 Å². The van der Waals surface area contributed by atoms with Gasteiger partial charge in [0, 0.05) is 50.5 Å². The molecule has 1 aliphatic heterocycles. The lowest BCUT2D eigenvalue weighted by atomic mass is 10.1. The first-order valence-corrected chi connectivity index (χ1v) is 8.56. The molecule has 1 aromatic heterocycles. The molecule has 130 valence electrons. The van der Waals surface area contributed by atoms with Crippen molar-refractivity contribution in [3.63, 3.8) is 0 Å². The van der Waals surface area contributed by atoms with E-state index in [1.807, 2.05) is 16.5 Å². The number of aryl methyl sites for hydroxylation is 1. The van der Waals surface area contributed by atoms with Gasteiger partial charge in [0.2, 0.25) is 5.91 Å². The van der Waals surface area contributed by atoms with E-state index in [0.29, 0.717) is 18.9 Å². The number of amides is 1. The lowest BCUT2D eigenvalue weighted by molar-refractivity contribution is -0.132. The number of rotatable bonds is 6. The summed E-state index contributed by atoms with van der Waals surface area (Å²) in [6.07, 6.45) is 0.440.